The first-order valence-corrected chi connectivity index (χ1v) is 9.05. The van der Waals surface area contributed by atoms with Crippen molar-refractivity contribution in [3.63, 3.8) is 0 Å². The maximum absolute atomic E-state index is 13.8. The number of methoxy groups -OCH3 is 1. The monoisotopic (exact) mass is 396 g/mol. The first-order chi connectivity index (χ1) is 13.5. The van der Waals surface area contributed by atoms with Gasteiger partial charge in [-0.1, -0.05) is 35.6 Å². The highest BCUT2D eigenvalue weighted by Gasteiger charge is 2.17. The van der Waals surface area contributed by atoms with Gasteiger partial charge in [-0.15, -0.1) is 0 Å². The molecule has 0 spiro atoms. The summed E-state index contributed by atoms with van der Waals surface area (Å²) in [5, 5.41) is 0. The Morgan fingerprint density at radius 2 is 1.79 bits per heavy atom. The van der Waals surface area contributed by atoms with Gasteiger partial charge in [-0.05, 0) is 35.9 Å². The molecule has 5 nitrogen and oxygen atoms in total. The Labute approximate surface area is 162 Å². The van der Waals surface area contributed by atoms with Crippen LogP contribution in [0.1, 0.15) is 10.4 Å². The number of halogens is 1. The van der Waals surface area contributed by atoms with Crippen molar-refractivity contribution in [3.05, 3.63) is 81.8 Å². The Kier molecular flexibility index (Phi) is 4.67. The first-order valence-electron chi connectivity index (χ1n) is 8.24. The zero-order valence-electron chi connectivity index (χ0n) is 14.6. The number of fused-ring (bicyclic) bond motifs is 1. The SMILES string of the molecule is COc1ccc(-c2cc(OC(=O)c3ccccc3F)cc3sc(=O)oc23)cc1. The lowest BCUT2D eigenvalue weighted by atomic mass is 10.0. The van der Waals surface area contributed by atoms with E-state index in [1.54, 1.807) is 43.5 Å². The molecule has 28 heavy (non-hydrogen) atoms. The van der Waals surface area contributed by atoms with Gasteiger partial charge >= 0.3 is 10.9 Å². The van der Waals surface area contributed by atoms with E-state index in [1.807, 2.05) is 0 Å². The van der Waals surface area contributed by atoms with Crippen LogP contribution in [-0.2, 0) is 0 Å². The Hall–Kier alpha value is -3.45. The topological polar surface area (TPSA) is 65.7 Å². The second kappa shape index (κ2) is 7.28. The molecule has 0 atom stereocenters. The summed E-state index contributed by atoms with van der Waals surface area (Å²) in [4.78, 5) is 23.6. The molecule has 0 N–H and O–H groups in total. The summed E-state index contributed by atoms with van der Waals surface area (Å²) >= 11 is 0.897. The van der Waals surface area contributed by atoms with E-state index in [0.717, 1.165) is 16.9 Å². The van der Waals surface area contributed by atoms with Crippen LogP contribution in [-0.4, -0.2) is 13.1 Å². The predicted octanol–water partition coefficient (Wildman–Crippen LogP) is 4.89. The summed E-state index contributed by atoms with van der Waals surface area (Å²) in [6.07, 6.45) is 0. The minimum atomic E-state index is -0.825. The molecule has 3 aromatic carbocycles. The maximum atomic E-state index is 13.8. The molecule has 0 fully saturated rings. The third kappa shape index (κ3) is 3.39. The third-order valence-electron chi connectivity index (χ3n) is 4.11. The average molecular weight is 396 g/mol. The summed E-state index contributed by atoms with van der Waals surface area (Å²) in [6, 6.07) is 15.8. The smallest absolute Gasteiger partial charge is 0.396 e. The number of carbonyl (C=O) groups excluding carboxylic acids is 1. The quantitative estimate of drug-likeness (QED) is 0.363. The lowest BCUT2D eigenvalue weighted by molar-refractivity contribution is 0.0730. The summed E-state index contributed by atoms with van der Waals surface area (Å²) in [5.74, 6) is -0.636. The second-order valence-corrected chi connectivity index (χ2v) is 6.83. The lowest BCUT2D eigenvalue weighted by Crippen LogP contribution is -2.10. The van der Waals surface area contributed by atoms with Crippen molar-refractivity contribution >= 4 is 27.6 Å². The maximum Gasteiger partial charge on any atom is 0.396 e. The molecule has 1 aromatic heterocycles. The Morgan fingerprint density at radius 3 is 2.50 bits per heavy atom. The second-order valence-electron chi connectivity index (χ2n) is 5.85. The molecular formula is C21H13FO5S. The van der Waals surface area contributed by atoms with E-state index in [-0.39, 0.29) is 11.3 Å². The van der Waals surface area contributed by atoms with Crippen LogP contribution in [0.5, 0.6) is 11.5 Å². The summed E-state index contributed by atoms with van der Waals surface area (Å²) in [5.41, 5.74) is 1.55. The van der Waals surface area contributed by atoms with Gasteiger partial charge in [0.25, 0.3) is 0 Å². The molecule has 0 aliphatic carbocycles. The highest BCUT2D eigenvalue weighted by Crippen LogP contribution is 2.35. The lowest BCUT2D eigenvalue weighted by Gasteiger charge is -2.09. The van der Waals surface area contributed by atoms with Crippen molar-refractivity contribution in [1.29, 1.82) is 0 Å². The molecule has 0 radical (unpaired) electrons. The van der Waals surface area contributed by atoms with Crippen LogP contribution in [0.25, 0.3) is 21.4 Å². The number of rotatable bonds is 4. The van der Waals surface area contributed by atoms with Crippen LogP contribution in [0.2, 0.25) is 0 Å². The minimum Gasteiger partial charge on any atom is -0.497 e. The fraction of sp³-hybridized carbons (Fsp3) is 0.0476. The van der Waals surface area contributed by atoms with Crippen molar-refractivity contribution in [2.24, 2.45) is 0 Å². The minimum absolute atomic E-state index is 0.172. The molecule has 0 saturated heterocycles. The molecular weight excluding hydrogens is 383 g/mol. The molecule has 0 aliphatic heterocycles. The van der Waals surface area contributed by atoms with E-state index < -0.39 is 16.7 Å². The van der Waals surface area contributed by atoms with Gasteiger partial charge in [0.05, 0.1) is 17.4 Å². The molecule has 0 unspecified atom stereocenters. The summed E-state index contributed by atoms with van der Waals surface area (Å²) < 4.78 is 30.2. The van der Waals surface area contributed by atoms with Crippen molar-refractivity contribution in [3.8, 4) is 22.6 Å². The van der Waals surface area contributed by atoms with Crippen molar-refractivity contribution in [2.75, 3.05) is 7.11 Å². The number of esters is 1. The van der Waals surface area contributed by atoms with E-state index >= 15 is 0 Å². The largest absolute Gasteiger partial charge is 0.497 e. The number of hydrogen-bond donors (Lipinski definition) is 0. The van der Waals surface area contributed by atoms with Gasteiger partial charge in [-0.2, -0.15) is 0 Å². The molecule has 0 aliphatic rings. The van der Waals surface area contributed by atoms with Gasteiger partial charge in [0.15, 0.2) is 5.58 Å². The molecule has 4 aromatic rings. The Bertz CT molecular complexity index is 1220. The van der Waals surface area contributed by atoms with Gasteiger partial charge in [-0.3, -0.25) is 0 Å². The van der Waals surface area contributed by atoms with Crippen LogP contribution in [0.4, 0.5) is 4.39 Å². The zero-order chi connectivity index (χ0) is 19.7. The fourth-order valence-electron chi connectivity index (χ4n) is 2.78. The molecule has 7 heteroatoms. The molecule has 4 rings (SSSR count). The Morgan fingerprint density at radius 1 is 1.04 bits per heavy atom. The molecule has 0 bridgehead atoms. The van der Waals surface area contributed by atoms with E-state index in [9.17, 15) is 14.0 Å². The predicted molar refractivity (Wildman–Crippen MR) is 104 cm³/mol. The summed E-state index contributed by atoms with van der Waals surface area (Å²) in [6.45, 7) is 0. The fourth-order valence-corrected chi connectivity index (χ4v) is 3.51. The van der Waals surface area contributed by atoms with Gasteiger partial charge < -0.3 is 13.9 Å². The van der Waals surface area contributed by atoms with E-state index in [4.69, 9.17) is 13.9 Å². The number of hydrogen-bond acceptors (Lipinski definition) is 6. The third-order valence-corrected chi connectivity index (χ3v) is 4.89. The Balaban J connectivity index is 1.78. The van der Waals surface area contributed by atoms with Crippen LogP contribution >= 0.6 is 11.3 Å². The molecule has 0 saturated carbocycles. The standard InChI is InChI=1S/C21H13FO5S/c1-25-13-8-6-12(7-9-13)16-10-14(11-18-19(16)27-21(24)28-18)26-20(23)15-4-2-3-5-17(15)22/h2-11H,1H3. The summed E-state index contributed by atoms with van der Waals surface area (Å²) in [7, 11) is 1.56. The first kappa shape index (κ1) is 17.9. The molecule has 0 amide bonds. The van der Waals surface area contributed by atoms with Crippen LogP contribution < -0.4 is 14.4 Å². The van der Waals surface area contributed by atoms with Gasteiger partial charge in [0.2, 0.25) is 0 Å². The normalized spacial score (nSPS) is 10.8. The van der Waals surface area contributed by atoms with E-state index in [2.05, 4.69) is 0 Å². The van der Waals surface area contributed by atoms with Crippen molar-refractivity contribution in [1.82, 2.24) is 0 Å². The van der Waals surface area contributed by atoms with E-state index in [0.29, 0.717) is 21.6 Å². The highest BCUT2D eigenvalue weighted by molar-refractivity contribution is 7.16. The van der Waals surface area contributed by atoms with Gasteiger partial charge in [0.1, 0.15) is 17.3 Å². The van der Waals surface area contributed by atoms with E-state index in [1.165, 1.54) is 24.3 Å². The van der Waals surface area contributed by atoms with Crippen molar-refractivity contribution in [2.45, 2.75) is 0 Å². The highest BCUT2D eigenvalue weighted by atomic mass is 32.1. The van der Waals surface area contributed by atoms with Crippen molar-refractivity contribution < 1.29 is 23.1 Å². The van der Waals surface area contributed by atoms with Crippen LogP contribution in [0.3, 0.4) is 0 Å². The number of carbonyl (C=O) groups is 1. The average Bonchev–Trinajstić information content (AvgIpc) is 3.07. The number of ether oxygens (including phenoxy) is 2. The van der Waals surface area contributed by atoms with Gasteiger partial charge in [0, 0.05) is 11.6 Å². The molecule has 140 valence electrons. The van der Waals surface area contributed by atoms with Crippen LogP contribution in [0.15, 0.2) is 69.9 Å². The number of benzene rings is 3. The van der Waals surface area contributed by atoms with Crippen LogP contribution in [0, 0.1) is 5.82 Å². The molecule has 1 heterocycles. The zero-order valence-corrected chi connectivity index (χ0v) is 15.4. The van der Waals surface area contributed by atoms with Gasteiger partial charge in [-0.25, -0.2) is 14.0 Å².